The summed E-state index contributed by atoms with van der Waals surface area (Å²) in [5, 5.41) is 9.58. The highest BCUT2D eigenvalue weighted by Crippen LogP contribution is 2.45. The van der Waals surface area contributed by atoms with Crippen molar-refractivity contribution in [1.29, 1.82) is 0 Å². The number of aromatic nitrogens is 2. The number of benzene rings is 8. The molecule has 4 aromatic heterocycles. The van der Waals surface area contributed by atoms with Crippen molar-refractivity contribution in [2.45, 2.75) is 27.7 Å². The maximum Gasteiger partial charge on any atom is 0.145 e. The Morgan fingerprint density at radius 1 is 0.357 bits per heavy atom. The largest absolute Gasteiger partial charge is 0.455 e. The van der Waals surface area contributed by atoms with E-state index in [1.54, 1.807) is 0 Å². The molecule has 4 heteroatoms. The van der Waals surface area contributed by atoms with Crippen LogP contribution in [-0.4, -0.2) is 9.13 Å². The van der Waals surface area contributed by atoms with Crippen LogP contribution in [0.25, 0.3) is 108 Å². The predicted octanol–water partition coefficient (Wildman–Crippen LogP) is 15.9. The van der Waals surface area contributed by atoms with Crippen molar-refractivity contribution in [2.75, 3.05) is 0 Å². The van der Waals surface area contributed by atoms with Crippen LogP contribution in [0.2, 0.25) is 0 Å². The average molecular weight is 741 g/mol. The minimum atomic E-state index is 0.930. The van der Waals surface area contributed by atoms with Gasteiger partial charge in [-0.05, 0) is 90.0 Å². The van der Waals surface area contributed by atoms with E-state index in [0.29, 0.717) is 0 Å². The normalized spacial score (nSPS) is 11.6. The van der Waals surface area contributed by atoms with Gasteiger partial charge in [0.15, 0.2) is 0 Å². The van der Waals surface area contributed by atoms with E-state index in [1.807, 2.05) is 39.0 Å². The summed E-state index contributed by atoms with van der Waals surface area (Å²) in [6, 6.07) is 61.6. The fraction of sp³-hybridized carbons (Fsp3) is 0.0769. The minimum absolute atomic E-state index is 0.930. The number of furan rings is 1. The first-order valence-electron chi connectivity index (χ1n) is 19.7. The Bertz CT molecular complexity index is 3400. The zero-order chi connectivity index (χ0) is 37.9. The molecule has 0 N–H and O–H groups in total. The fourth-order valence-electron chi connectivity index (χ4n) is 8.64. The number of hydrogen-bond donors (Lipinski definition) is 0. The van der Waals surface area contributed by atoms with Gasteiger partial charge in [0.2, 0.25) is 0 Å². The van der Waals surface area contributed by atoms with Gasteiger partial charge in [0.1, 0.15) is 11.2 Å². The molecule has 0 spiro atoms. The molecule has 0 bridgehead atoms. The molecule has 0 aliphatic rings. The van der Waals surface area contributed by atoms with E-state index in [1.165, 1.54) is 47.6 Å². The van der Waals surface area contributed by atoms with Gasteiger partial charge in [-0.15, -0.1) is 11.3 Å². The maximum atomic E-state index is 7.10. The number of thiophene rings is 1. The number of fused-ring (bicyclic) bond motifs is 14. The number of para-hydroxylation sites is 3. The summed E-state index contributed by atoms with van der Waals surface area (Å²) in [7, 11) is 0. The second-order valence-corrected chi connectivity index (χ2v) is 14.8. The first-order chi connectivity index (χ1) is 27.8. The van der Waals surface area contributed by atoms with Crippen LogP contribution in [0.1, 0.15) is 27.7 Å². The first kappa shape index (κ1) is 33.9. The fourth-order valence-corrected chi connectivity index (χ4v) is 9.72. The smallest absolute Gasteiger partial charge is 0.145 e. The van der Waals surface area contributed by atoms with Gasteiger partial charge in [-0.1, -0.05) is 119 Å². The lowest BCUT2D eigenvalue weighted by molar-refractivity contribution is 0.677. The Morgan fingerprint density at radius 2 is 0.839 bits per heavy atom. The Labute approximate surface area is 329 Å². The van der Waals surface area contributed by atoms with E-state index in [2.05, 4.69) is 179 Å². The van der Waals surface area contributed by atoms with Crippen molar-refractivity contribution >= 4 is 97.1 Å². The van der Waals surface area contributed by atoms with Crippen LogP contribution in [-0.2, 0) is 0 Å². The van der Waals surface area contributed by atoms with Crippen LogP contribution in [0, 0.1) is 0 Å². The monoisotopic (exact) mass is 740 g/mol. The third kappa shape index (κ3) is 4.96. The van der Waals surface area contributed by atoms with E-state index in [0.717, 1.165) is 60.6 Å². The summed E-state index contributed by atoms with van der Waals surface area (Å²) in [6.07, 6.45) is 0. The average Bonchev–Trinajstić information content (AvgIpc) is 4.02. The molecule has 0 amide bonds. The van der Waals surface area contributed by atoms with Crippen LogP contribution >= 0.6 is 11.3 Å². The van der Waals surface area contributed by atoms with E-state index in [9.17, 15) is 0 Å². The van der Waals surface area contributed by atoms with Crippen molar-refractivity contribution in [3.8, 4) is 22.5 Å². The lowest BCUT2D eigenvalue weighted by atomic mass is 10.0. The second kappa shape index (κ2) is 13.6. The Morgan fingerprint density at radius 3 is 1.45 bits per heavy atom. The van der Waals surface area contributed by atoms with Gasteiger partial charge >= 0.3 is 0 Å². The molecule has 8 aromatic carbocycles. The van der Waals surface area contributed by atoms with Crippen molar-refractivity contribution in [2.24, 2.45) is 0 Å². The van der Waals surface area contributed by atoms with Crippen LogP contribution in [0.15, 0.2) is 174 Å². The van der Waals surface area contributed by atoms with Gasteiger partial charge in [0.05, 0.1) is 32.8 Å². The van der Waals surface area contributed by atoms with Crippen molar-refractivity contribution in [3.05, 3.63) is 170 Å². The molecule has 0 aliphatic heterocycles. The van der Waals surface area contributed by atoms with E-state index in [-0.39, 0.29) is 0 Å². The molecule has 0 fully saturated rings. The van der Waals surface area contributed by atoms with Crippen molar-refractivity contribution < 1.29 is 4.42 Å². The number of hydrogen-bond acceptors (Lipinski definition) is 2. The lowest BCUT2D eigenvalue weighted by Gasteiger charge is -2.09. The minimum Gasteiger partial charge on any atom is -0.455 e. The van der Waals surface area contributed by atoms with Gasteiger partial charge in [0.25, 0.3) is 0 Å². The highest BCUT2D eigenvalue weighted by Gasteiger charge is 2.22. The van der Waals surface area contributed by atoms with Crippen LogP contribution in [0.4, 0.5) is 0 Å². The maximum absolute atomic E-state index is 7.10. The third-order valence-corrected chi connectivity index (χ3v) is 12.1. The van der Waals surface area contributed by atoms with Crippen molar-refractivity contribution in [3.63, 3.8) is 0 Å². The van der Waals surface area contributed by atoms with Gasteiger partial charge in [-0.2, -0.15) is 0 Å². The summed E-state index contributed by atoms with van der Waals surface area (Å²) in [5.41, 5.74) is 11.2. The molecule has 3 nitrogen and oxygen atoms in total. The van der Waals surface area contributed by atoms with E-state index < -0.39 is 0 Å². The Kier molecular flexibility index (Phi) is 8.23. The highest BCUT2D eigenvalue weighted by molar-refractivity contribution is 7.25. The number of nitrogens with zero attached hydrogens (tertiary/aromatic N) is 2. The van der Waals surface area contributed by atoms with E-state index in [4.69, 9.17) is 4.42 Å². The van der Waals surface area contributed by atoms with Gasteiger partial charge in [0, 0.05) is 53.1 Å². The van der Waals surface area contributed by atoms with E-state index >= 15 is 0 Å². The van der Waals surface area contributed by atoms with Gasteiger partial charge in [-0.3, -0.25) is 0 Å². The topological polar surface area (TPSA) is 23.0 Å². The molecule has 0 atom stereocenters. The van der Waals surface area contributed by atoms with Crippen LogP contribution in [0.3, 0.4) is 0 Å². The predicted molar refractivity (Wildman–Crippen MR) is 243 cm³/mol. The summed E-state index contributed by atoms with van der Waals surface area (Å²) in [4.78, 5) is 0. The molecule has 0 saturated carbocycles. The zero-order valence-electron chi connectivity index (χ0n) is 31.9. The van der Waals surface area contributed by atoms with Gasteiger partial charge in [-0.25, -0.2) is 0 Å². The Hall–Kier alpha value is -6.62. The molecule has 56 heavy (non-hydrogen) atoms. The zero-order valence-corrected chi connectivity index (χ0v) is 32.7. The molecule has 0 radical (unpaired) electrons. The standard InChI is InChI=1S/C48H28N2OS.2C2H6/c1-2-10-31(11-3-1)49-39-15-7-4-13-36(39)45-41(49)25-23-34-35-24-26-42-46(48(35)51-47(34)45)37-14-5-8-16-40(37)50(42)32-21-18-29(19-22-32)30-20-27-44-38(28-30)33-12-6-9-17-43(33)52-44;2*1-2/h1-28H;2*1-2H3. The lowest BCUT2D eigenvalue weighted by Crippen LogP contribution is -1.93. The van der Waals surface area contributed by atoms with Crippen LogP contribution in [0.5, 0.6) is 0 Å². The summed E-state index contributed by atoms with van der Waals surface area (Å²) in [6.45, 7) is 8.00. The van der Waals surface area contributed by atoms with Gasteiger partial charge < -0.3 is 13.6 Å². The third-order valence-electron chi connectivity index (χ3n) is 10.9. The van der Waals surface area contributed by atoms with Crippen LogP contribution < -0.4 is 0 Å². The van der Waals surface area contributed by atoms with Crippen molar-refractivity contribution in [1.82, 2.24) is 9.13 Å². The molecule has 0 unspecified atom stereocenters. The first-order valence-corrected chi connectivity index (χ1v) is 20.5. The molecule has 0 saturated heterocycles. The highest BCUT2D eigenvalue weighted by atomic mass is 32.1. The molecule has 0 aliphatic carbocycles. The SMILES string of the molecule is CC.CC.c1ccc(-n2c3ccccc3c3c4oc5c(ccc6c5c5ccccc5n6-c5ccc(-c6ccc7sc8ccccc8c7c6)cc5)c4ccc32)cc1. The molecule has 270 valence electrons. The molecular formula is C52H40N2OS. The Balaban J connectivity index is 0.000000933. The second-order valence-electron chi connectivity index (χ2n) is 13.7. The molecule has 12 rings (SSSR count). The molecule has 4 heterocycles. The summed E-state index contributed by atoms with van der Waals surface area (Å²) < 4.78 is 14.5. The number of rotatable bonds is 3. The quantitative estimate of drug-likeness (QED) is 0.177. The summed E-state index contributed by atoms with van der Waals surface area (Å²) in [5.74, 6) is 0. The molecule has 12 aromatic rings. The summed E-state index contributed by atoms with van der Waals surface area (Å²) >= 11 is 1.86. The molecular weight excluding hydrogens is 701 g/mol.